The monoisotopic (exact) mass is 337 g/mol. The van der Waals surface area contributed by atoms with Crippen LogP contribution in [-0.4, -0.2) is 36.4 Å². The summed E-state index contributed by atoms with van der Waals surface area (Å²) in [7, 11) is 3.96. The van der Waals surface area contributed by atoms with Crippen molar-refractivity contribution < 1.29 is 9.21 Å². The first-order valence-corrected chi connectivity index (χ1v) is 8.39. The normalized spacial score (nSPS) is 11.2. The molecule has 0 spiro atoms. The highest BCUT2D eigenvalue weighted by Crippen LogP contribution is 2.26. The molecule has 0 aliphatic carbocycles. The van der Waals surface area contributed by atoms with Crippen molar-refractivity contribution in [2.24, 2.45) is 0 Å². The second-order valence-electron chi connectivity index (χ2n) is 6.46. The molecule has 5 heteroatoms. The molecular formula is C20H23N3O2. The van der Waals surface area contributed by atoms with Gasteiger partial charge in [-0.2, -0.15) is 0 Å². The molecule has 5 nitrogen and oxygen atoms in total. The molecule has 1 amide bonds. The van der Waals surface area contributed by atoms with Crippen molar-refractivity contribution in [1.29, 1.82) is 0 Å². The average molecular weight is 337 g/mol. The van der Waals surface area contributed by atoms with Gasteiger partial charge in [-0.1, -0.05) is 24.3 Å². The van der Waals surface area contributed by atoms with Gasteiger partial charge in [0.05, 0.1) is 0 Å². The fraction of sp³-hybridized carbons (Fsp3) is 0.300. The zero-order valence-electron chi connectivity index (χ0n) is 14.9. The van der Waals surface area contributed by atoms with E-state index in [1.54, 1.807) is 0 Å². The lowest BCUT2D eigenvalue weighted by Crippen LogP contribution is -2.27. The number of amides is 1. The minimum absolute atomic E-state index is 0.173. The van der Waals surface area contributed by atoms with Crippen LogP contribution in [0.5, 0.6) is 0 Å². The Kier molecular flexibility index (Phi) is 5.14. The summed E-state index contributed by atoms with van der Waals surface area (Å²) in [5, 5.41) is 3.95. The molecular weight excluding hydrogens is 314 g/mol. The van der Waals surface area contributed by atoms with Crippen molar-refractivity contribution in [1.82, 2.24) is 15.2 Å². The van der Waals surface area contributed by atoms with Gasteiger partial charge in [-0.05, 0) is 45.1 Å². The zero-order chi connectivity index (χ0) is 17.8. The number of nitrogens with zero attached hydrogens (tertiary/aromatic N) is 2. The fourth-order valence-electron chi connectivity index (χ4n) is 2.80. The van der Waals surface area contributed by atoms with Gasteiger partial charge < -0.3 is 14.6 Å². The van der Waals surface area contributed by atoms with Crippen molar-refractivity contribution >= 4 is 16.9 Å². The van der Waals surface area contributed by atoms with Gasteiger partial charge in [0.15, 0.2) is 5.76 Å². The standard InChI is InChI=1S/C20H23N3O2/c1-14-8-9-15(12-22-14)10-11-21-20(24)19-17(13-23(2)3)16-6-4-5-7-18(16)25-19/h4-9,12H,10-11,13H2,1-3H3,(H,21,24). The van der Waals surface area contributed by atoms with Crippen molar-refractivity contribution in [3.63, 3.8) is 0 Å². The molecule has 0 aliphatic heterocycles. The summed E-state index contributed by atoms with van der Waals surface area (Å²) in [6.07, 6.45) is 2.59. The summed E-state index contributed by atoms with van der Waals surface area (Å²) in [5.74, 6) is 0.227. The second-order valence-corrected chi connectivity index (χ2v) is 6.46. The van der Waals surface area contributed by atoms with E-state index in [4.69, 9.17) is 4.42 Å². The third-order valence-corrected chi connectivity index (χ3v) is 4.05. The molecule has 0 aliphatic rings. The third kappa shape index (κ3) is 4.06. The lowest BCUT2D eigenvalue weighted by atomic mass is 10.1. The van der Waals surface area contributed by atoms with Crippen LogP contribution in [0.3, 0.4) is 0 Å². The van der Waals surface area contributed by atoms with E-state index in [-0.39, 0.29) is 5.91 Å². The summed E-state index contributed by atoms with van der Waals surface area (Å²) in [4.78, 5) is 18.9. The van der Waals surface area contributed by atoms with Crippen molar-refractivity contribution in [2.45, 2.75) is 19.9 Å². The highest BCUT2D eigenvalue weighted by Gasteiger charge is 2.20. The minimum atomic E-state index is -0.173. The maximum Gasteiger partial charge on any atom is 0.287 e. The SMILES string of the molecule is Cc1ccc(CCNC(=O)c2oc3ccccc3c2CN(C)C)cn1. The number of hydrogen-bond acceptors (Lipinski definition) is 4. The molecule has 0 bridgehead atoms. The first kappa shape index (κ1) is 17.2. The summed E-state index contributed by atoms with van der Waals surface area (Å²) >= 11 is 0. The molecule has 3 rings (SSSR count). The van der Waals surface area contributed by atoms with Gasteiger partial charge in [0.25, 0.3) is 5.91 Å². The number of fused-ring (bicyclic) bond motifs is 1. The number of benzene rings is 1. The molecule has 3 aromatic rings. The summed E-state index contributed by atoms with van der Waals surface area (Å²) < 4.78 is 5.83. The molecule has 0 saturated carbocycles. The fourth-order valence-corrected chi connectivity index (χ4v) is 2.80. The van der Waals surface area contributed by atoms with Gasteiger partial charge in [-0.15, -0.1) is 0 Å². The van der Waals surface area contributed by atoms with Gasteiger partial charge in [0.2, 0.25) is 0 Å². The van der Waals surface area contributed by atoms with Gasteiger partial charge in [0, 0.05) is 35.9 Å². The van der Waals surface area contributed by atoms with E-state index >= 15 is 0 Å². The van der Waals surface area contributed by atoms with E-state index in [9.17, 15) is 4.79 Å². The summed E-state index contributed by atoms with van der Waals surface area (Å²) in [6, 6.07) is 11.8. The Morgan fingerprint density at radius 2 is 2.00 bits per heavy atom. The second kappa shape index (κ2) is 7.49. The Morgan fingerprint density at radius 3 is 2.72 bits per heavy atom. The van der Waals surface area contributed by atoms with Gasteiger partial charge in [-0.3, -0.25) is 9.78 Å². The van der Waals surface area contributed by atoms with Crippen LogP contribution < -0.4 is 5.32 Å². The first-order chi connectivity index (χ1) is 12.0. The Morgan fingerprint density at radius 1 is 1.20 bits per heavy atom. The van der Waals surface area contributed by atoms with Crippen LogP contribution in [0.25, 0.3) is 11.0 Å². The molecule has 2 aromatic heterocycles. The first-order valence-electron chi connectivity index (χ1n) is 8.39. The van der Waals surface area contributed by atoms with Crippen LogP contribution in [-0.2, 0) is 13.0 Å². The number of rotatable bonds is 6. The van der Waals surface area contributed by atoms with Crippen LogP contribution >= 0.6 is 0 Å². The topological polar surface area (TPSA) is 58.4 Å². The number of nitrogens with one attached hydrogen (secondary N) is 1. The Balaban J connectivity index is 1.73. The molecule has 0 saturated heterocycles. The quantitative estimate of drug-likeness (QED) is 0.750. The maximum atomic E-state index is 12.6. The lowest BCUT2D eigenvalue weighted by Gasteiger charge is -2.10. The van der Waals surface area contributed by atoms with Crippen molar-refractivity contribution in [3.8, 4) is 0 Å². The number of carbonyl (C=O) groups excluding carboxylic acids is 1. The highest BCUT2D eigenvalue weighted by atomic mass is 16.3. The lowest BCUT2D eigenvalue weighted by molar-refractivity contribution is 0.0926. The predicted molar refractivity (Wildman–Crippen MR) is 98.6 cm³/mol. The predicted octanol–water partition coefficient (Wildman–Crippen LogP) is 3.17. The van der Waals surface area contributed by atoms with Gasteiger partial charge in [0.1, 0.15) is 5.58 Å². The Hall–Kier alpha value is -2.66. The molecule has 1 aromatic carbocycles. The molecule has 0 fully saturated rings. The maximum absolute atomic E-state index is 12.6. The zero-order valence-corrected chi connectivity index (χ0v) is 14.9. The number of aryl methyl sites for hydroxylation is 1. The van der Waals surface area contributed by atoms with Crippen LogP contribution in [0.2, 0.25) is 0 Å². The molecule has 1 N–H and O–H groups in total. The van der Waals surface area contributed by atoms with E-state index < -0.39 is 0 Å². The van der Waals surface area contributed by atoms with E-state index in [0.29, 0.717) is 18.8 Å². The summed E-state index contributed by atoms with van der Waals surface area (Å²) in [6.45, 7) is 3.16. The van der Waals surface area contributed by atoms with Crippen LogP contribution in [0.1, 0.15) is 27.4 Å². The average Bonchev–Trinajstić information content (AvgIpc) is 2.95. The third-order valence-electron chi connectivity index (χ3n) is 4.05. The number of pyridine rings is 1. The van der Waals surface area contributed by atoms with E-state index in [2.05, 4.69) is 10.3 Å². The number of para-hydroxylation sites is 1. The number of carbonyl (C=O) groups is 1. The molecule has 130 valence electrons. The summed E-state index contributed by atoms with van der Waals surface area (Å²) in [5.41, 5.74) is 3.76. The van der Waals surface area contributed by atoms with E-state index in [1.165, 1.54) is 0 Å². The molecule has 0 atom stereocenters. The van der Waals surface area contributed by atoms with E-state index in [1.807, 2.05) is 68.5 Å². The highest BCUT2D eigenvalue weighted by molar-refractivity contribution is 5.99. The van der Waals surface area contributed by atoms with Crippen LogP contribution in [0.15, 0.2) is 47.0 Å². The van der Waals surface area contributed by atoms with Gasteiger partial charge in [-0.25, -0.2) is 0 Å². The minimum Gasteiger partial charge on any atom is -0.451 e. The molecule has 0 unspecified atom stereocenters. The van der Waals surface area contributed by atoms with Gasteiger partial charge >= 0.3 is 0 Å². The molecule has 2 heterocycles. The number of furan rings is 1. The number of hydrogen-bond donors (Lipinski definition) is 1. The van der Waals surface area contributed by atoms with Crippen LogP contribution in [0.4, 0.5) is 0 Å². The molecule has 0 radical (unpaired) electrons. The van der Waals surface area contributed by atoms with Crippen molar-refractivity contribution in [2.75, 3.05) is 20.6 Å². The van der Waals surface area contributed by atoms with E-state index in [0.717, 1.165) is 34.2 Å². The number of aromatic nitrogens is 1. The Labute approximate surface area is 147 Å². The Bertz CT molecular complexity index is 866. The van der Waals surface area contributed by atoms with Crippen LogP contribution in [0, 0.1) is 6.92 Å². The smallest absolute Gasteiger partial charge is 0.287 e. The molecule has 25 heavy (non-hydrogen) atoms. The largest absolute Gasteiger partial charge is 0.451 e. The van der Waals surface area contributed by atoms with Crippen molar-refractivity contribution in [3.05, 3.63) is 65.2 Å².